The van der Waals surface area contributed by atoms with Crippen molar-refractivity contribution in [1.29, 1.82) is 0 Å². The fraction of sp³-hybridized carbons (Fsp3) is 0.333. The number of methoxy groups -OCH3 is 1. The molecule has 0 aromatic heterocycles. The van der Waals surface area contributed by atoms with Gasteiger partial charge in [0.05, 0.1) is 25.3 Å². The van der Waals surface area contributed by atoms with Gasteiger partial charge in [0.1, 0.15) is 5.75 Å². The standard InChI is InChI=1S/C24H27N3O6/c1-15-4-7-18(8-5-15)27-13-17(11-23(27)30)24(31)33-14-22(29)25-12-21(28)26-19-10-16(2)6-9-20(19)32-3/h4-10,17H,11-14H2,1-3H3,(H,25,29)(H,26,28). The Morgan fingerprint density at radius 1 is 1.03 bits per heavy atom. The molecule has 0 saturated carbocycles. The summed E-state index contributed by atoms with van der Waals surface area (Å²) in [7, 11) is 1.49. The van der Waals surface area contributed by atoms with Crippen LogP contribution in [0.15, 0.2) is 42.5 Å². The van der Waals surface area contributed by atoms with Gasteiger partial charge in [0, 0.05) is 18.7 Å². The van der Waals surface area contributed by atoms with Gasteiger partial charge in [-0.15, -0.1) is 0 Å². The average molecular weight is 453 g/mol. The van der Waals surface area contributed by atoms with E-state index >= 15 is 0 Å². The summed E-state index contributed by atoms with van der Waals surface area (Å²) in [6, 6.07) is 12.8. The Balaban J connectivity index is 1.43. The van der Waals surface area contributed by atoms with Crippen LogP contribution in [0.5, 0.6) is 5.75 Å². The maximum absolute atomic E-state index is 12.3. The van der Waals surface area contributed by atoms with E-state index in [0.717, 1.165) is 16.8 Å². The van der Waals surface area contributed by atoms with Gasteiger partial charge in [0.15, 0.2) is 6.61 Å². The summed E-state index contributed by atoms with van der Waals surface area (Å²) in [6.07, 6.45) is 0.0229. The lowest BCUT2D eigenvalue weighted by molar-refractivity contribution is -0.152. The molecule has 1 heterocycles. The smallest absolute Gasteiger partial charge is 0.311 e. The van der Waals surface area contributed by atoms with Crippen molar-refractivity contribution in [3.05, 3.63) is 53.6 Å². The van der Waals surface area contributed by atoms with E-state index in [1.807, 2.05) is 44.2 Å². The van der Waals surface area contributed by atoms with Crippen LogP contribution in [0.1, 0.15) is 17.5 Å². The second kappa shape index (κ2) is 10.6. The molecule has 1 aliphatic rings. The predicted octanol–water partition coefficient (Wildman–Crippen LogP) is 1.96. The summed E-state index contributed by atoms with van der Waals surface area (Å²) in [5.74, 6) is -2.01. The van der Waals surface area contributed by atoms with Gasteiger partial charge in [-0.1, -0.05) is 23.8 Å². The summed E-state index contributed by atoms with van der Waals surface area (Å²) >= 11 is 0. The molecule has 1 atom stereocenters. The minimum atomic E-state index is -0.649. The van der Waals surface area contributed by atoms with Gasteiger partial charge in [-0.05, 0) is 43.7 Å². The first-order chi connectivity index (χ1) is 15.8. The highest BCUT2D eigenvalue weighted by Gasteiger charge is 2.36. The molecular formula is C24H27N3O6. The molecule has 3 rings (SSSR count). The number of amides is 3. The van der Waals surface area contributed by atoms with E-state index in [1.165, 1.54) is 12.0 Å². The molecule has 2 N–H and O–H groups in total. The normalized spacial score (nSPS) is 15.2. The molecule has 0 spiro atoms. The summed E-state index contributed by atoms with van der Waals surface area (Å²) in [6.45, 7) is 3.20. The van der Waals surface area contributed by atoms with E-state index in [1.54, 1.807) is 12.1 Å². The van der Waals surface area contributed by atoms with Crippen LogP contribution in [-0.2, 0) is 23.9 Å². The van der Waals surface area contributed by atoms with Crippen molar-refractivity contribution in [2.24, 2.45) is 5.92 Å². The number of nitrogens with zero attached hydrogens (tertiary/aromatic N) is 1. The van der Waals surface area contributed by atoms with Crippen LogP contribution >= 0.6 is 0 Å². The van der Waals surface area contributed by atoms with Crippen LogP contribution in [0.2, 0.25) is 0 Å². The third-order valence-electron chi connectivity index (χ3n) is 5.22. The minimum Gasteiger partial charge on any atom is -0.495 e. The second-order valence-electron chi connectivity index (χ2n) is 7.88. The number of aryl methyl sites for hydroxylation is 2. The van der Waals surface area contributed by atoms with E-state index in [9.17, 15) is 19.2 Å². The Morgan fingerprint density at radius 2 is 1.73 bits per heavy atom. The third kappa shape index (κ3) is 6.31. The van der Waals surface area contributed by atoms with Gasteiger partial charge in [-0.3, -0.25) is 19.2 Å². The summed E-state index contributed by atoms with van der Waals surface area (Å²) in [5, 5.41) is 5.07. The first-order valence-electron chi connectivity index (χ1n) is 10.5. The number of carbonyl (C=O) groups excluding carboxylic acids is 4. The molecule has 2 aromatic carbocycles. The number of anilines is 2. The molecule has 1 fully saturated rings. The molecule has 1 unspecified atom stereocenters. The van der Waals surface area contributed by atoms with Gasteiger partial charge in [-0.2, -0.15) is 0 Å². The summed E-state index contributed by atoms with van der Waals surface area (Å²) < 4.78 is 10.3. The molecule has 3 amide bonds. The molecule has 9 heteroatoms. The van der Waals surface area contributed by atoms with Crippen molar-refractivity contribution >= 4 is 35.1 Å². The maximum atomic E-state index is 12.3. The lowest BCUT2D eigenvalue weighted by atomic mass is 10.1. The highest BCUT2D eigenvalue weighted by Crippen LogP contribution is 2.26. The Kier molecular flexibility index (Phi) is 7.66. The molecule has 2 aromatic rings. The van der Waals surface area contributed by atoms with E-state index in [0.29, 0.717) is 11.4 Å². The predicted molar refractivity (Wildman–Crippen MR) is 122 cm³/mol. The number of nitrogens with one attached hydrogen (secondary N) is 2. The number of rotatable bonds is 8. The lowest BCUT2D eigenvalue weighted by Crippen LogP contribution is -2.36. The second-order valence-corrected chi connectivity index (χ2v) is 7.88. The molecule has 174 valence electrons. The first-order valence-corrected chi connectivity index (χ1v) is 10.5. The van der Waals surface area contributed by atoms with E-state index in [2.05, 4.69) is 10.6 Å². The van der Waals surface area contributed by atoms with Crippen molar-refractivity contribution in [2.45, 2.75) is 20.3 Å². The molecule has 0 radical (unpaired) electrons. The zero-order valence-corrected chi connectivity index (χ0v) is 18.8. The fourth-order valence-corrected chi connectivity index (χ4v) is 3.44. The lowest BCUT2D eigenvalue weighted by Gasteiger charge is -2.16. The molecule has 1 saturated heterocycles. The van der Waals surface area contributed by atoms with Crippen molar-refractivity contribution < 1.29 is 28.7 Å². The van der Waals surface area contributed by atoms with Crippen molar-refractivity contribution in [3.8, 4) is 5.75 Å². The number of hydrogen-bond donors (Lipinski definition) is 2. The van der Waals surface area contributed by atoms with Crippen LogP contribution in [0.4, 0.5) is 11.4 Å². The quantitative estimate of drug-likeness (QED) is 0.591. The molecular weight excluding hydrogens is 426 g/mol. The van der Waals surface area contributed by atoms with E-state index in [4.69, 9.17) is 9.47 Å². The summed E-state index contributed by atoms with van der Waals surface area (Å²) in [4.78, 5) is 50.3. The fourth-order valence-electron chi connectivity index (χ4n) is 3.44. The van der Waals surface area contributed by atoms with Crippen LogP contribution in [0.3, 0.4) is 0 Å². The number of carbonyl (C=O) groups is 4. The number of esters is 1. The van der Waals surface area contributed by atoms with Gasteiger partial charge >= 0.3 is 5.97 Å². The Bertz CT molecular complexity index is 1050. The molecule has 1 aliphatic heterocycles. The highest BCUT2D eigenvalue weighted by molar-refractivity contribution is 6.00. The number of ether oxygens (including phenoxy) is 2. The maximum Gasteiger partial charge on any atom is 0.311 e. The zero-order valence-electron chi connectivity index (χ0n) is 18.8. The van der Waals surface area contributed by atoms with E-state index < -0.39 is 30.3 Å². The average Bonchev–Trinajstić information content (AvgIpc) is 3.18. The monoisotopic (exact) mass is 453 g/mol. The molecule has 0 bridgehead atoms. The molecule has 9 nitrogen and oxygen atoms in total. The van der Waals surface area contributed by atoms with Crippen LogP contribution in [0.25, 0.3) is 0 Å². The van der Waals surface area contributed by atoms with Gasteiger partial charge in [0.2, 0.25) is 11.8 Å². The number of hydrogen-bond acceptors (Lipinski definition) is 6. The topological polar surface area (TPSA) is 114 Å². The zero-order chi connectivity index (χ0) is 24.0. The molecule has 33 heavy (non-hydrogen) atoms. The molecule has 0 aliphatic carbocycles. The number of benzene rings is 2. The Labute approximate surface area is 192 Å². The van der Waals surface area contributed by atoms with Crippen molar-refractivity contribution in [1.82, 2.24) is 5.32 Å². The van der Waals surface area contributed by atoms with Crippen LogP contribution < -0.4 is 20.3 Å². The summed E-state index contributed by atoms with van der Waals surface area (Å²) in [5.41, 5.74) is 3.22. The minimum absolute atomic E-state index is 0.0229. The van der Waals surface area contributed by atoms with Crippen LogP contribution in [-0.4, -0.2) is 50.5 Å². The van der Waals surface area contributed by atoms with Gasteiger partial charge in [-0.25, -0.2) is 0 Å². The third-order valence-corrected chi connectivity index (χ3v) is 5.22. The highest BCUT2D eigenvalue weighted by atomic mass is 16.5. The first kappa shape index (κ1) is 23.8. The Morgan fingerprint density at radius 3 is 2.42 bits per heavy atom. The van der Waals surface area contributed by atoms with E-state index in [-0.39, 0.29) is 25.4 Å². The van der Waals surface area contributed by atoms with Crippen molar-refractivity contribution in [2.75, 3.05) is 37.0 Å². The SMILES string of the molecule is COc1ccc(C)cc1NC(=O)CNC(=O)COC(=O)C1CC(=O)N(c2ccc(C)cc2)C1. The van der Waals surface area contributed by atoms with Crippen LogP contribution in [0, 0.1) is 19.8 Å². The van der Waals surface area contributed by atoms with Gasteiger partial charge in [0.25, 0.3) is 5.91 Å². The van der Waals surface area contributed by atoms with Gasteiger partial charge < -0.3 is 25.0 Å². The Hall–Kier alpha value is -3.88. The largest absolute Gasteiger partial charge is 0.495 e. The van der Waals surface area contributed by atoms with Crippen molar-refractivity contribution in [3.63, 3.8) is 0 Å².